The van der Waals surface area contributed by atoms with Gasteiger partial charge in [-0.25, -0.2) is 8.42 Å². The molecule has 8 heteroatoms. The normalized spacial score (nSPS) is 20.3. The van der Waals surface area contributed by atoms with Crippen molar-refractivity contribution in [1.82, 2.24) is 19.4 Å². The molecule has 2 aliphatic rings. The van der Waals surface area contributed by atoms with E-state index in [0.717, 1.165) is 24.1 Å². The maximum Gasteiger partial charge on any atom is 0.243 e. The van der Waals surface area contributed by atoms with Crippen molar-refractivity contribution in [2.45, 2.75) is 43.7 Å². The van der Waals surface area contributed by atoms with E-state index >= 15 is 0 Å². The molecule has 1 amide bonds. The number of nitrogens with one attached hydrogen (secondary N) is 1. The zero-order chi connectivity index (χ0) is 19.0. The number of benzene rings is 1. The van der Waals surface area contributed by atoms with E-state index in [-0.39, 0.29) is 29.9 Å². The fourth-order valence-corrected chi connectivity index (χ4v) is 4.88. The van der Waals surface area contributed by atoms with Crippen molar-refractivity contribution in [3.05, 3.63) is 47.8 Å². The number of carbonyl (C=O) groups is 1. The molecule has 27 heavy (non-hydrogen) atoms. The molecule has 1 atom stereocenters. The van der Waals surface area contributed by atoms with Crippen molar-refractivity contribution in [3.63, 3.8) is 0 Å². The summed E-state index contributed by atoms with van der Waals surface area (Å²) < 4.78 is 29.5. The van der Waals surface area contributed by atoms with Crippen LogP contribution in [-0.2, 0) is 21.4 Å². The molecular formula is C19H24N4O3S. The van der Waals surface area contributed by atoms with Gasteiger partial charge < -0.3 is 5.32 Å². The first kappa shape index (κ1) is 18.2. The lowest BCUT2D eigenvalue weighted by Crippen LogP contribution is -2.45. The zero-order valence-electron chi connectivity index (χ0n) is 15.3. The number of amides is 1. The van der Waals surface area contributed by atoms with Crippen LogP contribution in [0.5, 0.6) is 0 Å². The third-order valence-electron chi connectivity index (χ3n) is 5.22. The predicted octanol–water partition coefficient (Wildman–Crippen LogP) is 1.85. The number of sulfonamides is 1. The molecule has 1 aliphatic heterocycles. The van der Waals surface area contributed by atoms with Gasteiger partial charge in [-0.2, -0.15) is 9.40 Å². The topological polar surface area (TPSA) is 84.3 Å². The van der Waals surface area contributed by atoms with Crippen LogP contribution in [0.3, 0.4) is 0 Å². The Balaban J connectivity index is 1.51. The van der Waals surface area contributed by atoms with Gasteiger partial charge in [0.2, 0.25) is 15.9 Å². The van der Waals surface area contributed by atoms with E-state index in [0.29, 0.717) is 18.9 Å². The van der Waals surface area contributed by atoms with Crippen LogP contribution in [0.25, 0.3) is 0 Å². The van der Waals surface area contributed by atoms with Crippen molar-refractivity contribution >= 4 is 15.9 Å². The average molecular weight is 388 g/mol. The van der Waals surface area contributed by atoms with Gasteiger partial charge in [0.05, 0.1) is 23.2 Å². The molecule has 0 unspecified atom stereocenters. The maximum atomic E-state index is 13.1. The lowest BCUT2D eigenvalue weighted by molar-refractivity contribution is -0.121. The summed E-state index contributed by atoms with van der Waals surface area (Å²) in [4.78, 5) is 12.3. The summed E-state index contributed by atoms with van der Waals surface area (Å²) in [6.07, 6.45) is 4.49. The summed E-state index contributed by atoms with van der Waals surface area (Å²) in [6, 6.07) is 8.50. The smallest absolute Gasteiger partial charge is 0.243 e. The Hall–Kier alpha value is -2.19. The number of hydrogen-bond acceptors (Lipinski definition) is 4. The highest BCUT2D eigenvalue weighted by Gasteiger charge is 2.34. The highest BCUT2D eigenvalue weighted by atomic mass is 32.2. The van der Waals surface area contributed by atoms with Crippen LogP contribution in [0.2, 0.25) is 0 Å². The van der Waals surface area contributed by atoms with E-state index < -0.39 is 10.0 Å². The molecule has 2 heterocycles. The van der Waals surface area contributed by atoms with E-state index in [2.05, 4.69) is 10.4 Å². The summed E-state index contributed by atoms with van der Waals surface area (Å²) >= 11 is 0. The summed E-state index contributed by atoms with van der Waals surface area (Å²) in [5.41, 5.74) is 1.85. The molecule has 4 rings (SSSR count). The van der Waals surface area contributed by atoms with Gasteiger partial charge in [0, 0.05) is 25.7 Å². The van der Waals surface area contributed by atoms with E-state index in [1.807, 2.05) is 17.7 Å². The van der Waals surface area contributed by atoms with Crippen LogP contribution >= 0.6 is 0 Å². The second kappa shape index (κ2) is 7.09. The summed E-state index contributed by atoms with van der Waals surface area (Å²) in [5.74, 6) is 0.555. The molecule has 1 aromatic heterocycles. The second-order valence-electron chi connectivity index (χ2n) is 7.48. The Bertz CT molecular complexity index is 932. The first-order valence-corrected chi connectivity index (χ1v) is 10.7. The minimum absolute atomic E-state index is 0.0321. The van der Waals surface area contributed by atoms with Crippen molar-refractivity contribution in [2.75, 3.05) is 13.1 Å². The van der Waals surface area contributed by atoms with Gasteiger partial charge in [-0.1, -0.05) is 17.7 Å². The Morgan fingerprint density at radius 1 is 1.22 bits per heavy atom. The van der Waals surface area contributed by atoms with Crippen molar-refractivity contribution in [3.8, 4) is 0 Å². The van der Waals surface area contributed by atoms with E-state index in [4.69, 9.17) is 0 Å². The Morgan fingerprint density at radius 2 is 1.96 bits per heavy atom. The minimum Gasteiger partial charge on any atom is -0.354 e. The molecule has 2 aromatic rings. The fourth-order valence-electron chi connectivity index (χ4n) is 3.43. The van der Waals surface area contributed by atoms with Gasteiger partial charge in [0.15, 0.2) is 0 Å². The molecule has 144 valence electrons. The van der Waals surface area contributed by atoms with Gasteiger partial charge in [-0.15, -0.1) is 0 Å². The van der Waals surface area contributed by atoms with Crippen LogP contribution in [0.4, 0.5) is 0 Å². The fraction of sp³-hybridized carbons (Fsp3) is 0.474. The molecule has 1 aromatic carbocycles. The Morgan fingerprint density at radius 3 is 2.67 bits per heavy atom. The molecule has 7 nitrogen and oxygen atoms in total. The summed E-state index contributed by atoms with van der Waals surface area (Å²) in [6.45, 7) is 2.87. The SMILES string of the molecule is Cc1ccc(S(=O)(=O)N2Cc3ccnn3[C@@H](CNC(=O)CC3CC3)C2)cc1. The maximum absolute atomic E-state index is 13.1. The largest absolute Gasteiger partial charge is 0.354 e. The first-order valence-electron chi connectivity index (χ1n) is 9.29. The first-order chi connectivity index (χ1) is 12.9. The van der Waals surface area contributed by atoms with E-state index in [1.165, 1.54) is 4.31 Å². The van der Waals surface area contributed by atoms with Crippen LogP contribution in [0.1, 0.15) is 36.6 Å². The van der Waals surface area contributed by atoms with Crippen LogP contribution < -0.4 is 5.32 Å². The molecule has 0 saturated heterocycles. The van der Waals surface area contributed by atoms with Crippen molar-refractivity contribution in [2.24, 2.45) is 5.92 Å². The number of fused-ring (bicyclic) bond motifs is 1. The molecule has 0 bridgehead atoms. The van der Waals surface area contributed by atoms with Gasteiger partial charge >= 0.3 is 0 Å². The highest BCUT2D eigenvalue weighted by molar-refractivity contribution is 7.89. The van der Waals surface area contributed by atoms with E-state index in [1.54, 1.807) is 30.5 Å². The number of hydrogen-bond donors (Lipinski definition) is 1. The third-order valence-corrected chi connectivity index (χ3v) is 7.04. The average Bonchev–Trinajstić information content (AvgIpc) is 3.32. The third kappa shape index (κ3) is 3.91. The molecule has 1 saturated carbocycles. The van der Waals surface area contributed by atoms with Gasteiger partial charge in [0.1, 0.15) is 0 Å². The highest BCUT2D eigenvalue weighted by Crippen LogP contribution is 2.32. The quantitative estimate of drug-likeness (QED) is 0.819. The number of carbonyl (C=O) groups excluding carboxylic acids is 1. The van der Waals surface area contributed by atoms with Gasteiger partial charge in [-0.3, -0.25) is 9.48 Å². The Labute approximate surface area is 159 Å². The monoisotopic (exact) mass is 388 g/mol. The molecule has 1 aliphatic carbocycles. The van der Waals surface area contributed by atoms with Crippen molar-refractivity contribution in [1.29, 1.82) is 0 Å². The van der Waals surface area contributed by atoms with E-state index in [9.17, 15) is 13.2 Å². The lowest BCUT2D eigenvalue weighted by Gasteiger charge is -2.33. The van der Waals surface area contributed by atoms with Gasteiger partial charge in [0.25, 0.3) is 0 Å². The number of aryl methyl sites for hydroxylation is 1. The summed E-state index contributed by atoms with van der Waals surface area (Å²) in [7, 11) is -3.60. The molecule has 1 fully saturated rings. The molecule has 1 N–H and O–H groups in total. The minimum atomic E-state index is -3.60. The number of aromatic nitrogens is 2. The number of rotatable bonds is 6. The second-order valence-corrected chi connectivity index (χ2v) is 9.42. The Kier molecular flexibility index (Phi) is 4.77. The standard InChI is InChI=1S/C19H24N4O3S/c1-14-2-6-18(7-3-14)27(25,26)22-12-16-8-9-21-23(16)17(13-22)11-20-19(24)10-15-4-5-15/h2-3,6-9,15,17H,4-5,10-13H2,1H3,(H,20,24)/t17-/m0/s1. The number of nitrogens with zero attached hydrogens (tertiary/aromatic N) is 3. The predicted molar refractivity (Wildman–Crippen MR) is 100 cm³/mol. The molecular weight excluding hydrogens is 364 g/mol. The summed E-state index contributed by atoms with van der Waals surface area (Å²) in [5, 5.41) is 7.29. The molecule has 0 radical (unpaired) electrons. The van der Waals surface area contributed by atoms with Gasteiger partial charge in [-0.05, 0) is 43.9 Å². The lowest BCUT2D eigenvalue weighted by atomic mass is 10.2. The van der Waals surface area contributed by atoms with Crippen molar-refractivity contribution < 1.29 is 13.2 Å². The van der Waals surface area contributed by atoms with Crippen LogP contribution in [0, 0.1) is 12.8 Å². The zero-order valence-corrected chi connectivity index (χ0v) is 16.2. The molecule has 0 spiro atoms. The van der Waals surface area contributed by atoms with Crippen LogP contribution in [0.15, 0.2) is 41.4 Å². The van der Waals surface area contributed by atoms with Crippen LogP contribution in [-0.4, -0.2) is 41.5 Å².